The first-order chi connectivity index (χ1) is 5.20. The van der Waals surface area contributed by atoms with E-state index in [9.17, 15) is 0 Å². The lowest BCUT2D eigenvalue weighted by molar-refractivity contribution is 0.318. The molecule has 1 aromatic carbocycles. The van der Waals surface area contributed by atoms with Crippen LogP contribution in [0.25, 0.3) is 0 Å². The fourth-order valence-corrected chi connectivity index (χ4v) is 0.705. The molecule has 0 spiro atoms. The second-order valence-electron chi connectivity index (χ2n) is 1.79. The van der Waals surface area contributed by atoms with Crippen LogP contribution in [0.2, 0.25) is 0 Å². The monoisotopic (exact) mass is 218 g/mol. The molecule has 11 heavy (non-hydrogen) atoms. The van der Waals surface area contributed by atoms with Gasteiger partial charge in [-0.15, -0.1) is 0 Å². The van der Waals surface area contributed by atoms with Crippen LogP contribution >= 0.6 is 15.9 Å². The SMILES string of the molecule is CCO.Oc1ccc(Br)cc1. The van der Waals surface area contributed by atoms with Gasteiger partial charge in [-0.25, -0.2) is 0 Å². The van der Waals surface area contributed by atoms with Gasteiger partial charge in [-0.1, -0.05) is 15.9 Å². The molecule has 0 bridgehead atoms. The van der Waals surface area contributed by atoms with E-state index < -0.39 is 0 Å². The Labute approximate surface area is 74.6 Å². The first-order valence-electron chi connectivity index (χ1n) is 3.26. The minimum absolute atomic E-state index is 0.250. The van der Waals surface area contributed by atoms with Crippen LogP contribution in [-0.4, -0.2) is 16.8 Å². The quantitative estimate of drug-likeness (QED) is 0.701. The number of phenolic OH excluding ortho intramolecular Hbond substituents is 1. The van der Waals surface area contributed by atoms with Gasteiger partial charge in [-0.3, -0.25) is 0 Å². The van der Waals surface area contributed by atoms with Crippen molar-refractivity contribution in [2.24, 2.45) is 0 Å². The Morgan fingerprint density at radius 3 is 1.91 bits per heavy atom. The Kier molecular flexibility index (Phi) is 5.88. The molecular formula is C8H11BrO2. The molecule has 0 atom stereocenters. The second-order valence-corrected chi connectivity index (χ2v) is 2.71. The lowest BCUT2D eigenvalue weighted by Crippen LogP contribution is -1.61. The maximum absolute atomic E-state index is 8.74. The smallest absolute Gasteiger partial charge is 0.115 e. The van der Waals surface area contributed by atoms with Crippen molar-refractivity contribution >= 4 is 15.9 Å². The zero-order chi connectivity index (χ0) is 8.69. The molecule has 0 unspecified atom stereocenters. The minimum Gasteiger partial charge on any atom is -0.508 e. The Morgan fingerprint density at radius 2 is 1.64 bits per heavy atom. The lowest BCUT2D eigenvalue weighted by atomic mass is 10.3. The number of aromatic hydroxyl groups is 1. The Hall–Kier alpha value is -0.540. The van der Waals surface area contributed by atoms with Gasteiger partial charge < -0.3 is 10.2 Å². The maximum atomic E-state index is 8.74. The normalized spacial score (nSPS) is 8.27. The molecule has 0 aliphatic rings. The highest BCUT2D eigenvalue weighted by molar-refractivity contribution is 9.10. The van der Waals surface area contributed by atoms with E-state index in [-0.39, 0.29) is 6.61 Å². The molecule has 2 nitrogen and oxygen atoms in total. The summed E-state index contributed by atoms with van der Waals surface area (Å²) in [6.45, 7) is 1.93. The summed E-state index contributed by atoms with van der Waals surface area (Å²) in [5.74, 6) is 0.299. The zero-order valence-electron chi connectivity index (χ0n) is 6.29. The number of hydrogen-bond acceptors (Lipinski definition) is 2. The summed E-state index contributed by atoms with van der Waals surface area (Å²) >= 11 is 3.23. The molecular weight excluding hydrogens is 208 g/mol. The molecule has 0 heterocycles. The topological polar surface area (TPSA) is 40.5 Å². The number of aliphatic hydroxyl groups is 1. The summed E-state index contributed by atoms with van der Waals surface area (Å²) in [6, 6.07) is 6.83. The Balaban J connectivity index is 0.000000292. The molecule has 0 saturated heterocycles. The Morgan fingerprint density at radius 1 is 1.27 bits per heavy atom. The first-order valence-corrected chi connectivity index (χ1v) is 4.05. The molecule has 1 aromatic rings. The van der Waals surface area contributed by atoms with Crippen molar-refractivity contribution in [1.29, 1.82) is 0 Å². The number of benzene rings is 1. The van der Waals surface area contributed by atoms with E-state index in [1.54, 1.807) is 31.2 Å². The summed E-state index contributed by atoms with van der Waals surface area (Å²) in [5.41, 5.74) is 0. The van der Waals surface area contributed by atoms with Gasteiger partial charge in [0.2, 0.25) is 0 Å². The van der Waals surface area contributed by atoms with Crippen molar-refractivity contribution < 1.29 is 10.2 Å². The number of phenols is 1. The predicted molar refractivity (Wildman–Crippen MR) is 48.6 cm³/mol. The van der Waals surface area contributed by atoms with Gasteiger partial charge in [0.1, 0.15) is 5.75 Å². The highest BCUT2D eigenvalue weighted by atomic mass is 79.9. The largest absolute Gasteiger partial charge is 0.508 e. The van der Waals surface area contributed by atoms with E-state index in [2.05, 4.69) is 15.9 Å². The molecule has 0 radical (unpaired) electrons. The van der Waals surface area contributed by atoms with Gasteiger partial charge >= 0.3 is 0 Å². The fraction of sp³-hybridized carbons (Fsp3) is 0.250. The summed E-state index contributed by atoms with van der Waals surface area (Å²) < 4.78 is 0.982. The maximum Gasteiger partial charge on any atom is 0.115 e. The third kappa shape index (κ3) is 5.88. The summed E-state index contributed by atoms with van der Waals surface area (Å²) in [7, 11) is 0. The van der Waals surface area contributed by atoms with Crippen molar-refractivity contribution in [2.45, 2.75) is 6.92 Å². The van der Waals surface area contributed by atoms with Crippen molar-refractivity contribution in [1.82, 2.24) is 0 Å². The second kappa shape index (κ2) is 6.19. The average molecular weight is 219 g/mol. The summed E-state index contributed by atoms with van der Waals surface area (Å²) in [5, 5.41) is 16.3. The van der Waals surface area contributed by atoms with E-state index >= 15 is 0 Å². The highest BCUT2D eigenvalue weighted by Gasteiger charge is 1.83. The van der Waals surface area contributed by atoms with Crippen LogP contribution in [0, 0.1) is 0 Å². The molecule has 3 heteroatoms. The van der Waals surface area contributed by atoms with Crippen LogP contribution in [0.3, 0.4) is 0 Å². The van der Waals surface area contributed by atoms with Crippen LogP contribution in [0.5, 0.6) is 5.75 Å². The average Bonchev–Trinajstić information content (AvgIpc) is 1.97. The van der Waals surface area contributed by atoms with Crippen LogP contribution in [0.1, 0.15) is 6.92 Å². The molecule has 2 N–H and O–H groups in total. The van der Waals surface area contributed by atoms with Crippen LogP contribution < -0.4 is 0 Å². The van der Waals surface area contributed by atoms with E-state index in [4.69, 9.17) is 10.2 Å². The van der Waals surface area contributed by atoms with Gasteiger partial charge in [0.25, 0.3) is 0 Å². The number of rotatable bonds is 0. The highest BCUT2D eigenvalue weighted by Crippen LogP contribution is 2.13. The molecule has 0 amide bonds. The minimum atomic E-state index is 0.250. The number of aliphatic hydroxyl groups excluding tert-OH is 1. The fourth-order valence-electron chi connectivity index (χ4n) is 0.441. The number of halogens is 1. The lowest BCUT2D eigenvalue weighted by Gasteiger charge is -1.87. The van der Waals surface area contributed by atoms with Crippen LogP contribution in [0.4, 0.5) is 0 Å². The number of hydrogen-bond donors (Lipinski definition) is 2. The summed E-state index contributed by atoms with van der Waals surface area (Å²) in [4.78, 5) is 0. The van der Waals surface area contributed by atoms with Crippen molar-refractivity contribution in [3.05, 3.63) is 28.7 Å². The van der Waals surface area contributed by atoms with Crippen molar-refractivity contribution in [3.63, 3.8) is 0 Å². The molecule has 0 aliphatic heterocycles. The molecule has 1 rings (SSSR count). The van der Waals surface area contributed by atoms with Gasteiger partial charge in [-0.05, 0) is 31.2 Å². The summed E-state index contributed by atoms with van der Waals surface area (Å²) in [6.07, 6.45) is 0. The molecule has 0 aliphatic carbocycles. The molecule has 0 aromatic heterocycles. The van der Waals surface area contributed by atoms with Crippen molar-refractivity contribution in [2.75, 3.05) is 6.61 Å². The van der Waals surface area contributed by atoms with E-state index in [0.29, 0.717) is 5.75 Å². The van der Waals surface area contributed by atoms with Crippen LogP contribution in [-0.2, 0) is 0 Å². The standard InChI is InChI=1S/C6H5BrO.C2H6O/c7-5-1-3-6(8)4-2-5;1-2-3/h1-4,8H;3H,2H2,1H3. The van der Waals surface area contributed by atoms with E-state index in [1.807, 2.05) is 0 Å². The Bertz CT molecular complexity index is 163. The van der Waals surface area contributed by atoms with Crippen LogP contribution in [0.15, 0.2) is 28.7 Å². The van der Waals surface area contributed by atoms with E-state index in [1.165, 1.54) is 0 Å². The third-order valence-electron chi connectivity index (χ3n) is 0.827. The molecule has 0 saturated carbocycles. The van der Waals surface area contributed by atoms with E-state index in [0.717, 1.165) is 4.47 Å². The van der Waals surface area contributed by atoms with Gasteiger partial charge in [0.15, 0.2) is 0 Å². The predicted octanol–water partition coefficient (Wildman–Crippen LogP) is 2.15. The zero-order valence-corrected chi connectivity index (χ0v) is 7.87. The first kappa shape index (κ1) is 10.5. The van der Waals surface area contributed by atoms with Gasteiger partial charge in [0, 0.05) is 11.1 Å². The third-order valence-corrected chi connectivity index (χ3v) is 1.36. The van der Waals surface area contributed by atoms with Gasteiger partial charge in [0.05, 0.1) is 0 Å². The van der Waals surface area contributed by atoms with Crippen molar-refractivity contribution in [3.8, 4) is 5.75 Å². The molecule has 62 valence electrons. The van der Waals surface area contributed by atoms with Gasteiger partial charge in [-0.2, -0.15) is 0 Å². The molecule has 0 fully saturated rings.